The zero-order chi connectivity index (χ0) is 38.2. The highest BCUT2D eigenvalue weighted by molar-refractivity contribution is 7.85. The monoisotopic (exact) mass is 744 g/mol. The maximum absolute atomic E-state index is 12.5. The minimum absolute atomic E-state index is 0.261. The third-order valence-electron chi connectivity index (χ3n) is 8.83. The summed E-state index contributed by atoms with van der Waals surface area (Å²) in [4.78, 5) is 12.5. The lowest BCUT2D eigenvalue weighted by atomic mass is 10.0. The van der Waals surface area contributed by atoms with Gasteiger partial charge in [-0.05, 0) is 70.6 Å². The number of hydrogen-bond donors (Lipinski definition) is 3. The first-order valence-corrected chi connectivity index (χ1v) is 22.4. The number of aliphatic hydroxyl groups is 1. The van der Waals surface area contributed by atoms with E-state index in [0.717, 1.165) is 83.5 Å². The van der Waals surface area contributed by atoms with Crippen molar-refractivity contribution in [3.05, 3.63) is 85.1 Å². The molecule has 0 aliphatic heterocycles. The van der Waals surface area contributed by atoms with E-state index in [1.165, 1.54) is 64.2 Å². The van der Waals surface area contributed by atoms with Crippen LogP contribution in [0.2, 0.25) is 0 Å². The predicted molar refractivity (Wildman–Crippen MR) is 225 cm³/mol. The van der Waals surface area contributed by atoms with Crippen LogP contribution in [0.25, 0.3) is 0 Å². The maximum atomic E-state index is 12.5. The predicted octanol–water partition coefficient (Wildman–Crippen LogP) is 12.4. The van der Waals surface area contributed by atoms with Crippen molar-refractivity contribution in [2.45, 2.75) is 187 Å². The number of hydrogen-bond acceptors (Lipinski definition) is 4. The first-order chi connectivity index (χ1) is 25.3. The summed E-state index contributed by atoms with van der Waals surface area (Å²) >= 11 is 0. The fourth-order valence-corrected chi connectivity index (χ4v) is 6.48. The van der Waals surface area contributed by atoms with Gasteiger partial charge in [-0.2, -0.15) is 8.42 Å². The van der Waals surface area contributed by atoms with E-state index in [4.69, 9.17) is 0 Å². The van der Waals surface area contributed by atoms with Gasteiger partial charge in [0.2, 0.25) is 5.91 Å². The van der Waals surface area contributed by atoms with E-state index in [9.17, 15) is 22.9 Å². The molecule has 0 rings (SSSR count). The quantitative estimate of drug-likeness (QED) is 0.0337. The van der Waals surface area contributed by atoms with Crippen molar-refractivity contribution >= 4 is 16.0 Å². The Hall–Kier alpha value is -2.48. The number of aliphatic hydroxyl groups excluding tert-OH is 1. The fraction of sp³-hybridized carbons (Fsp3) is 0.667. The lowest BCUT2D eigenvalue weighted by Gasteiger charge is -2.21. The Morgan fingerprint density at radius 1 is 0.538 bits per heavy atom. The Labute approximate surface area is 320 Å². The van der Waals surface area contributed by atoms with Crippen molar-refractivity contribution in [1.29, 1.82) is 0 Å². The van der Waals surface area contributed by atoms with Crippen LogP contribution in [0.15, 0.2) is 85.1 Å². The van der Waals surface area contributed by atoms with Crippen molar-refractivity contribution < 1.29 is 22.9 Å². The van der Waals surface area contributed by atoms with Gasteiger partial charge < -0.3 is 10.4 Å². The SMILES string of the molecule is CC/C=C\C/C=C\C/C=C\C/C=C\C/C=C\C/C=C\CCCCCCC(=O)NC(CS(=O)(=O)O)C(O)/C=C/CCCCCCCCCCCCCC. The Morgan fingerprint density at radius 3 is 1.37 bits per heavy atom. The molecule has 0 bridgehead atoms. The van der Waals surface area contributed by atoms with Crippen molar-refractivity contribution in [1.82, 2.24) is 5.32 Å². The molecule has 0 aromatic rings. The summed E-state index contributed by atoms with van der Waals surface area (Å²) in [5.41, 5.74) is 0. The summed E-state index contributed by atoms with van der Waals surface area (Å²) in [6, 6.07) is -1.08. The normalized spacial score (nSPS) is 14.2. The molecule has 0 radical (unpaired) electrons. The van der Waals surface area contributed by atoms with Gasteiger partial charge in [0.05, 0.1) is 17.9 Å². The summed E-state index contributed by atoms with van der Waals surface area (Å²) in [6.45, 7) is 4.40. The van der Waals surface area contributed by atoms with Crippen LogP contribution in [-0.4, -0.2) is 41.9 Å². The van der Waals surface area contributed by atoms with Crippen LogP contribution in [0.4, 0.5) is 0 Å². The number of unbranched alkanes of at least 4 members (excludes halogenated alkanes) is 16. The number of carbonyl (C=O) groups is 1. The highest BCUT2D eigenvalue weighted by atomic mass is 32.2. The van der Waals surface area contributed by atoms with Crippen molar-refractivity contribution in [2.75, 3.05) is 5.75 Å². The van der Waals surface area contributed by atoms with Gasteiger partial charge in [0.15, 0.2) is 0 Å². The topological polar surface area (TPSA) is 104 Å². The summed E-state index contributed by atoms with van der Waals surface area (Å²) in [5.74, 6) is -1.02. The van der Waals surface area contributed by atoms with Crippen molar-refractivity contribution in [3.63, 3.8) is 0 Å². The third kappa shape index (κ3) is 38.7. The molecule has 0 aromatic heterocycles. The van der Waals surface area contributed by atoms with Crippen LogP contribution in [0.5, 0.6) is 0 Å². The summed E-state index contributed by atoms with van der Waals surface area (Å²) in [7, 11) is -4.36. The largest absolute Gasteiger partial charge is 0.387 e. The number of carbonyl (C=O) groups excluding carboxylic acids is 1. The van der Waals surface area contributed by atoms with Gasteiger partial charge in [-0.15, -0.1) is 0 Å². The molecule has 298 valence electrons. The maximum Gasteiger partial charge on any atom is 0.267 e. The van der Waals surface area contributed by atoms with Crippen LogP contribution in [0, 0.1) is 0 Å². The molecule has 0 aliphatic rings. The highest BCUT2D eigenvalue weighted by Crippen LogP contribution is 2.13. The van der Waals surface area contributed by atoms with Gasteiger partial charge >= 0.3 is 0 Å². The number of nitrogens with one attached hydrogen (secondary N) is 1. The van der Waals surface area contributed by atoms with Gasteiger partial charge in [0.25, 0.3) is 10.1 Å². The van der Waals surface area contributed by atoms with Gasteiger partial charge in [-0.25, -0.2) is 0 Å². The first kappa shape index (κ1) is 49.5. The van der Waals surface area contributed by atoms with Gasteiger partial charge in [-0.1, -0.05) is 182 Å². The molecule has 0 saturated carbocycles. The average Bonchev–Trinajstić information content (AvgIpc) is 3.11. The number of amides is 1. The summed E-state index contributed by atoms with van der Waals surface area (Å²) in [5, 5.41) is 13.2. The highest BCUT2D eigenvalue weighted by Gasteiger charge is 2.24. The standard InChI is InChI=1S/C45H77NO5S/c1-3-5-7-9-11-13-15-17-19-20-21-22-23-24-25-26-27-29-31-33-35-37-39-41-45(48)46-43(42-52(49,50)51)44(47)40-38-36-34-32-30-28-18-16-14-12-10-8-6-4-2/h5,7,11,13,17,19,21-22,24-25,27,29,38,40,43-44,47H,3-4,6,8-10,12,14-16,18,20,23,26,28,30-37,39,41-42H2,1-2H3,(H,46,48)(H,49,50,51)/b7-5-,13-11-,19-17-,22-21-,25-24-,29-27-,40-38+. The lowest BCUT2D eigenvalue weighted by molar-refractivity contribution is -0.122. The second kappa shape index (κ2) is 38.3. The van der Waals surface area contributed by atoms with E-state index in [0.29, 0.717) is 6.42 Å². The Morgan fingerprint density at radius 2 is 0.923 bits per heavy atom. The van der Waals surface area contributed by atoms with Gasteiger partial charge in [0.1, 0.15) is 0 Å². The average molecular weight is 744 g/mol. The molecule has 52 heavy (non-hydrogen) atoms. The minimum atomic E-state index is -4.36. The molecule has 0 aromatic carbocycles. The molecule has 0 fully saturated rings. The van der Waals surface area contributed by atoms with E-state index in [1.807, 2.05) is 6.08 Å². The van der Waals surface area contributed by atoms with Crippen molar-refractivity contribution in [3.8, 4) is 0 Å². The Bertz CT molecular complexity index is 1130. The zero-order valence-electron chi connectivity index (χ0n) is 33.1. The van der Waals surface area contributed by atoms with Crippen LogP contribution < -0.4 is 5.32 Å². The number of rotatable bonds is 36. The van der Waals surface area contributed by atoms with Crippen LogP contribution in [0.3, 0.4) is 0 Å². The van der Waals surface area contributed by atoms with E-state index >= 15 is 0 Å². The van der Waals surface area contributed by atoms with Crippen LogP contribution >= 0.6 is 0 Å². The molecule has 7 heteroatoms. The van der Waals surface area contributed by atoms with E-state index in [1.54, 1.807) is 6.08 Å². The molecular weight excluding hydrogens is 667 g/mol. The third-order valence-corrected chi connectivity index (χ3v) is 9.61. The summed E-state index contributed by atoms with van der Waals surface area (Å²) in [6.07, 6.45) is 55.6. The fourth-order valence-electron chi connectivity index (χ4n) is 5.75. The molecule has 0 spiro atoms. The molecule has 3 N–H and O–H groups in total. The lowest BCUT2D eigenvalue weighted by Crippen LogP contribution is -2.46. The van der Waals surface area contributed by atoms with Gasteiger partial charge in [0, 0.05) is 6.42 Å². The molecule has 0 aliphatic carbocycles. The molecule has 6 nitrogen and oxygen atoms in total. The zero-order valence-corrected chi connectivity index (χ0v) is 34.0. The smallest absolute Gasteiger partial charge is 0.267 e. The second-order valence-corrected chi connectivity index (χ2v) is 15.4. The Kier molecular flexibility index (Phi) is 36.4. The minimum Gasteiger partial charge on any atom is -0.387 e. The first-order valence-electron chi connectivity index (χ1n) is 20.8. The number of allylic oxidation sites excluding steroid dienone is 13. The molecule has 2 unspecified atom stereocenters. The van der Waals surface area contributed by atoms with Crippen molar-refractivity contribution in [2.24, 2.45) is 0 Å². The summed E-state index contributed by atoms with van der Waals surface area (Å²) < 4.78 is 32.5. The molecule has 0 saturated heterocycles. The van der Waals surface area contributed by atoms with Crippen LogP contribution in [-0.2, 0) is 14.9 Å². The second-order valence-electron chi connectivity index (χ2n) is 13.9. The van der Waals surface area contributed by atoms with E-state index < -0.39 is 28.0 Å². The van der Waals surface area contributed by atoms with Gasteiger partial charge in [-0.3, -0.25) is 9.35 Å². The molecular formula is C45H77NO5S. The molecule has 2 atom stereocenters. The van der Waals surface area contributed by atoms with E-state index in [-0.39, 0.29) is 12.3 Å². The Balaban J connectivity index is 4.01. The molecule has 0 heterocycles. The van der Waals surface area contributed by atoms with E-state index in [2.05, 4.69) is 92.1 Å². The van der Waals surface area contributed by atoms with Crippen LogP contribution in [0.1, 0.15) is 174 Å². The molecule has 1 amide bonds.